The number of carboxylic acid groups (broad SMARTS) is 1. The van der Waals surface area contributed by atoms with Crippen molar-refractivity contribution in [2.24, 2.45) is 0 Å². The van der Waals surface area contributed by atoms with Gasteiger partial charge in [0.1, 0.15) is 0 Å². The maximum Gasteiger partial charge on any atom is 0.335 e. The number of hydrogen-bond acceptors (Lipinski definition) is 1. The maximum atomic E-state index is 10.7. The van der Waals surface area contributed by atoms with Crippen molar-refractivity contribution in [2.45, 2.75) is 0 Å². The lowest BCUT2D eigenvalue weighted by Gasteiger charge is -1.97. The van der Waals surface area contributed by atoms with E-state index in [0.29, 0.717) is 5.56 Å². The highest BCUT2D eigenvalue weighted by molar-refractivity contribution is 14.1. The minimum Gasteiger partial charge on any atom is -0.478 e. The van der Waals surface area contributed by atoms with Crippen LogP contribution in [0.15, 0.2) is 48.5 Å². The topological polar surface area (TPSA) is 37.3 Å². The van der Waals surface area contributed by atoms with E-state index >= 15 is 0 Å². The second kappa shape index (κ2) is 5.82. The van der Waals surface area contributed by atoms with Crippen molar-refractivity contribution < 1.29 is 9.90 Å². The Kier molecular flexibility index (Phi) is 4.15. The van der Waals surface area contributed by atoms with Crippen molar-refractivity contribution in [3.8, 4) is 0 Å². The third kappa shape index (κ3) is 3.43. The summed E-state index contributed by atoms with van der Waals surface area (Å²) in [5.41, 5.74) is 2.41. The van der Waals surface area contributed by atoms with E-state index in [-0.39, 0.29) is 0 Å². The van der Waals surface area contributed by atoms with E-state index in [0.717, 1.165) is 11.1 Å². The first-order chi connectivity index (χ1) is 8.65. The highest BCUT2D eigenvalue weighted by Crippen LogP contribution is 2.11. The molecule has 0 unspecified atom stereocenters. The van der Waals surface area contributed by atoms with Gasteiger partial charge >= 0.3 is 5.97 Å². The number of aromatic carboxylic acids is 1. The van der Waals surface area contributed by atoms with Crippen LogP contribution in [0.4, 0.5) is 0 Å². The molecule has 0 spiro atoms. The van der Waals surface area contributed by atoms with Gasteiger partial charge in [-0.15, -0.1) is 0 Å². The molecule has 0 atom stereocenters. The van der Waals surface area contributed by atoms with Crippen molar-refractivity contribution in [1.29, 1.82) is 0 Å². The van der Waals surface area contributed by atoms with Crippen LogP contribution in [0.1, 0.15) is 21.5 Å². The lowest BCUT2D eigenvalue weighted by atomic mass is 10.1. The number of carbonyl (C=O) groups is 1. The van der Waals surface area contributed by atoms with Crippen molar-refractivity contribution in [2.75, 3.05) is 0 Å². The molecule has 18 heavy (non-hydrogen) atoms. The minimum absolute atomic E-state index is 0.307. The van der Waals surface area contributed by atoms with Gasteiger partial charge in [0.05, 0.1) is 5.56 Å². The summed E-state index contributed by atoms with van der Waals surface area (Å²) in [5.74, 6) is -0.900. The molecule has 2 nitrogen and oxygen atoms in total. The predicted octanol–water partition coefficient (Wildman–Crippen LogP) is 4.16. The van der Waals surface area contributed by atoms with E-state index in [1.165, 1.54) is 3.57 Å². The van der Waals surface area contributed by atoms with Crippen LogP contribution in [0.2, 0.25) is 0 Å². The average Bonchev–Trinajstić information content (AvgIpc) is 2.38. The zero-order valence-corrected chi connectivity index (χ0v) is 11.7. The van der Waals surface area contributed by atoms with Crippen LogP contribution < -0.4 is 0 Å². The Bertz CT molecular complexity index is 568. The van der Waals surface area contributed by atoms with Gasteiger partial charge in [0, 0.05) is 3.57 Å². The fraction of sp³-hybridized carbons (Fsp3) is 0. The zero-order valence-electron chi connectivity index (χ0n) is 9.51. The van der Waals surface area contributed by atoms with Gasteiger partial charge in [-0.1, -0.05) is 36.4 Å². The number of carboxylic acids is 1. The Morgan fingerprint density at radius 2 is 1.33 bits per heavy atom. The van der Waals surface area contributed by atoms with Gasteiger partial charge in [0.15, 0.2) is 0 Å². The largest absolute Gasteiger partial charge is 0.478 e. The summed E-state index contributed by atoms with van der Waals surface area (Å²) in [6.07, 6.45) is 3.97. The molecular formula is C15H11IO2. The van der Waals surface area contributed by atoms with E-state index in [1.807, 2.05) is 36.4 Å². The van der Waals surface area contributed by atoms with E-state index in [1.54, 1.807) is 24.3 Å². The predicted molar refractivity (Wildman–Crippen MR) is 81.5 cm³/mol. The molecule has 0 aliphatic carbocycles. The lowest BCUT2D eigenvalue weighted by molar-refractivity contribution is 0.0697. The monoisotopic (exact) mass is 350 g/mol. The molecule has 0 aliphatic heterocycles. The molecule has 0 saturated heterocycles. The summed E-state index contributed by atoms with van der Waals surface area (Å²) in [6, 6.07) is 15.0. The highest BCUT2D eigenvalue weighted by atomic mass is 127. The lowest BCUT2D eigenvalue weighted by Crippen LogP contribution is -1.94. The van der Waals surface area contributed by atoms with Gasteiger partial charge in [-0.2, -0.15) is 0 Å². The first-order valence-corrected chi connectivity index (χ1v) is 6.50. The van der Waals surface area contributed by atoms with Crippen LogP contribution >= 0.6 is 22.6 Å². The standard InChI is InChI=1S/C15H11IO2/c16-14-9-5-12(6-10-14)2-1-11-3-7-13(8-4-11)15(17)18/h1-10H,(H,17,18)/b2-1+. The normalized spacial score (nSPS) is 10.7. The first-order valence-electron chi connectivity index (χ1n) is 5.42. The highest BCUT2D eigenvalue weighted by Gasteiger charge is 1.99. The van der Waals surface area contributed by atoms with Gasteiger partial charge in [-0.05, 0) is 58.0 Å². The molecule has 1 N–H and O–H groups in total. The third-order valence-corrected chi connectivity index (χ3v) is 3.22. The molecule has 0 amide bonds. The van der Waals surface area contributed by atoms with Crippen LogP contribution in [-0.2, 0) is 0 Å². The van der Waals surface area contributed by atoms with Crippen molar-refractivity contribution in [1.82, 2.24) is 0 Å². The van der Waals surface area contributed by atoms with Gasteiger partial charge in [-0.3, -0.25) is 0 Å². The van der Waals surface area contributed by atoms with Crippen molar-refractivity contribution in [3.63, 3.8) is 0 Å². The van der Waals surface area contributed by atoms with Crippen LogP contribution in [-0.4, -0.2) is 11.1 Å². The zero-order chi connectivity index (χ0) is 13.0. The average molecular weight is 350 g/mol. The molecule has 0 aliphatic rings. The van der Waals surface area contributed by atoms with Crippen molar-refractivity contribution >= 4 is 40.7 Å². The molecule has 0 radical (unpaired) electrons. The Morgan fingerprint density at radius 1 is 0.889 bits per heavy atom. The second-order valence-corrected chi connectivity index (χ2v) is 5.06. The Balaban J connectivity index is 2.13. The van der Waals surface area contributed by atoms with E-state index in [4.69, 9.17) is 5.11 Å². The fourth-order valence-corrected chi connectivity index (χ4v) is 1.86. The number of halogens is 1. The molecule has 0 bridgehead atoms. The number of rotatable bonds is 3. The smallest absolute Gasteiger partial charge is 0.335 e. The first kappa shape index (κ1) is 12.8. The fourth-order valence-electron chi connectivity index (χ4n) is 1.50. The Labute approximate surface area is 119 Å². The summed E-state index contributed by atoms with van der Waals surface area (Å²) in [6.45, 7) is 0. The Morgan fingerprint density at radius 3 is 1.78 bits per heavy atom. The van der Waals surface area contributed by atoms with E-state index < -0.39 is 5.97 Å². The van der Waals surface area contributed by atoms with Crippen LogP contribution in [0.25, 0.3) is 12.2 Å². The molecule has 3 heteroatoms. The summed E-state index contributed by atoms with van der Waals surface area (Å²) in [7, 11) is 0. The molecule has 2 aromatic carbocycles. The summed E-state index contributed by atoms with van der Waals surface area (Å²) >= 11 is 2.27. The molecule has 2 aromatic rings. The number of hydrogen-bond donors (Lipinski definition) is 1. The number of benzene rings is 2. The van der Waals surface area contributed by atoms with Crippen LogP contribution in [0.3, 0.4) is 0 Å². The Hall–Kier alpha value is -1.62. The van der Waals surface area contributed by atoms with Gasteiger partial charge < -0.3 is 5.11 Å². The third-order valence-electron chi connectivity index (χ3n) is 2.50. The molecular weight excluding hydrogens is 339 g/mol. The summed E-state index contributed by atoms with van der Waals surface area (Å²) in [4.78, 5) is 10.7. The summed E-state index contributed by atoms with van der Waals surface area (Å²) < 4.78 is 1.20. The van der Waals surface area contributed by atoms with Gasteiger partial charge in [0.2, 0.25) is 0 Å². The molecule has 90 valence electrons. The minimum atomic E-state index is -0.900. The maximum absolute atomic E-state index is 10.7. The van der Waals surface area contributed by atoms with Gasteiger partial charge in [0.25, 0.3) is 0 Å². The second-order valence-electron chi connectivity index (χ2n) is 3.81. The molecule has 0 fully saturated rings. The molecule has 2 rings (SSSR count). The molecule has 0 aromatic heterocycles. The summed E-state index contributed by atoms with van der Waals surface area (Å²) in [5, 5.41) is 8.79. The van der Waals surface area contributed by atoms with Crippen LogP contribution in [0.5, 0.6) is 0 Å². The van der Waals surface area contributed by atoms with Crippen LogP contribution in [0, 0.1) is 3.57 Å². The van der Waals surface area contributed by atoms with E-state index in [2.05, 4.69) is 22.6 Å². The van der Waals surface area contributed by atoms with E-state index in [9.17, 15) is 4.79 Å². The molecule has 0 saturated carbocycles. The quantitative estimate of drug-likeness (QED) is 0.667. The van der Waals surface area contributed by atoms with Gasteiger partial charge in [-0.25, -0.2) is 4.79 Å². The van der Waals surface area contributed by atoms with Crippen molar-refractivity contribution in [3.05, 3.63) is 68.8 Å². The SMILES string of the molecule is O=C(O)c1ccc(/C=C/c2ccc(I)cc2)cc1. The molecule has 0 heterocycles.